The molecule has 1 aliphatic rings. The number of para-hydroxylation sites is 1. The molecular formula is C20H24N2O3. The second kappa shape index (κ2) is 8.62. The van der Waals surface area contributed by atoms with Gasteiger partial charge in [0.15, 0.2) is 0 Å². The van der Waals surface area contributed by atoms with Crippen molar-refractivity contribution >= 4 is 5.91 Å². The quantitative estimate of drug-likeness (QED) is 0.777. The molecule has 1 saturated heterocycles. The van der Waals surface area contributed by atoms with E-state index in [-0.39, 0.29) is 12.0 Å². The minimum atomic E-state index is -0.0247. The zero-order valence-corrected chi connectivity index (χ0v) is 14.6. The lowest BCUT2D eigenvalue weighted by molar-refractivity contribution is 0.0493. The monoisotopic (exact) mass is 340 g/mol. The Balaban J connectivity index is 1.64. The fourth-order valence-corrected chi connectivity index (χ4v) is 2.95. The van der Waals surface area contributed by atoms with E-state index < -0.39 is 0 Å². The van der Waals surface area contributed by atoms with Crippen molar-refractivity contribution in [1.29, 1.82) is 0 Å². The molecule has 0 saturated carbocycles. The van der Waals surface area contributed by atoms with E-state index in [1.165, 1.54) is 0 Å². The Morgan fingerprint density at radius 1 is 1.32 bits per heavy atom. The number of nitrogens with zero attached hydrogens (tertiary/aromatic N) is 2. The molecule has 2 aromatic rings. The summed E-state index contributed by atoms with van der Waals surface area (Å²) < 4.78 is 11.5. The van der Waals surface area contributed by atoms with Gasteiger partial charge in [0.1, 0.15) is 12.4 Å². The van der Waals surface area contributed by atoms with Gasteiger partial charge in [-0.2, -0.15) is 0 Å². The Morgan fingerprint density at radius 3 is 2.88 bits per heavy atom. The van der Waals surface area contributed by atoms with Crippen LogP contribution in [-0.4, -0.2) is 48.2 Å². The molecular weight excluding hydrogens is 316 g/mol. The second-order valence-corrected chi connectivity index (χ2v) is 6.30. The van der Waals surface area contributed by atoms with Crippen molar-refractivity contribution < 1.29 is 14.3 Å². The third-order valence-electron chi connectivity index (χ3n) is 4.23. The first-order chi connectivity index (χ1) is 12.2. The first-order valence-corrected chi connectivity index (χ1v) is 8.73. The predicted octanol–water partition coefficient (Wildman–Crippen LogP) is 3.09. The maximum Gasteiger partial charge on any atom is 0.255 e. The summed E-state index contributed by atoms with van der Waals surface area (Å²) in [5.74, 6) is 0.785. The number of aromatic nitrogens is 1. The zero-order chi connectivity index (χ0) is 17.5. The summed E-state index contributed by atoms with van der Waals surface area (Å²) in [6.45, 7) is 4.26. The smallest absolute Gasteiger partial charge is 0.255 e. The molecule has 1 aromatic carbocycles. The highest BCUT2D eigenvalue weighted by atomic mass is 16.5. The van der Waals surface area contributed by atoms with Crippen LogP contribution in [0.5, 0.6) is 5.75 Å². The van der Waals surface area contributed by atoms with E-state index in [1.54, 1.807) is 12.4 Å². The van der Waals surface area contributed by atoms with Crippen molar-refractivity contribution in [2.45, 2.75) is 25.9 Å². The van der Waals surface area contributed by atoms with Crippen LogP contribution in [0.15, 0.2) is 48.8 Å². The lowest BCUT2D eigenvalue weighted by atomic mass is 10.1. The summed E-state index contributed by atoms with van der Waals surface area (Å²) in [5, 5.41) is 0. The summed E-state index contributed by atoms with van der Waals surface area (Å²) in [6.07, 6.45) is 5.53. The van der Waals surface area contributed by atoms with Crippen LogP contribution in [0.4, 0.5) is 0 Å². The Labute approximate surface area is 148 Å². The molecule has 2 heterocycles. The van der Waals surface area contributed by atoms with Crippen molar-refractivity contribution in [2.75, 3.05) is 26.3 Å². The Hall–Kier alpha value is -2.40. The van der Waals surface area contributed by atoms with Gasteiger partial charge in [-0.25, -0.2) is 0 Å². The van der Waals surface area contributed by atoms with Gasteiger partial charge in [0.2, 0.25) is 0 Å². The molecule has 0 radical (unpaired) electrons. The van der Waals surface area contributed by atoms with Gasteiger partial charge in [0, 0.05) is 25.5 Å². The number of rotatable bonds is 7. The van der Waals surface area contributed by atoms with E-state index in [2.05, 4.69) is 4.98 Å². The normalized spacial score (nSPS) is 16.6. The van der Waals surface area contributed by atoms with Crippen LogP contribution >= 0.6 is 0 Å². The van der Waals surface area contributed by atoms with E-state index in [1.807, 2.05) is 48.2 Å². The number of pyridine rings is 1. The number of ether oxygens (including phenoxy) is 2. The topological polar surface area (TPSA) is 51.7 Å². The van der Waals surface area contributed by atoms with E-state index in [9.17, 15) is 4.79 Å². The molecule has 0 spiro atoms. The van der Waals surface area contributed by atoms with Crippen molar-refractivity contribution in [3.05, 3.63) is 59.9 Å². The minimum Gasteiger partial charge on any atom is -0.492 e. The molecule has 0 aliphatic carbocycles. The third kappa shape index (κ3) is 5.03. The standard InChI is InChI=1S/C20H24N2O3/c1-16-12-17(14-21-13-16)20(23)22(15-19-8-5-10-24-19)9-11-25-18-6-3-2-4-7-18/h2-4,6-7,12-14,19H,5,8-11,15H2,1H3. The largest absolute Gasteiger partial charge is 0.492 e. The van der Waals surface area contributed by atoms with Crippen LogP contribution in [-0.2, 0) is 4.74 Å². The van der Waals surface area contributed by atoms with Crippen molar-refractivity contribution in [1.82, 2.24) is 9.88 Å². The van der Waals surface area contributed by atoms with Crippen LogP contribution in [0.3, 0.4) is 0 Å². The molecule has 1 aromatic heterocycles. The van der Waals surface area contributed by atoms with Crippen LogP contribution in [0.25, 0.3) is 0 Å². The molecule has 5 heteroatoms. The van der Waals surface area contributed by atoms with Crippen molar-refractivity contribution in [2.24, 2.45) is 0 Å². The molecule has 3 rings (SSSR count). The van der Waals surface area contributed by atoms with Gasteiger partial charge in [0.25, 0.3) is 5.91 Å². The molecule has 1 aliphatic heterocycles. The van der Waals surface area contributed by atoms with Crippen LogP contribution in [0.1, 0.15) is 28.8 Å². The van der Waals surface area contributed by atoms with Gasteiger partial charge in [-0.3, -0.25) is 9.78 Å². The fourth-order valence-electron chi connectivity index (χ4n) is 2.95. The zero-order valence-electron chi connectivity index (χ0n) is 14.6. The van der Waals surface area contributed by atoms with E-state index in [0.29, 0.717) is 25.3 Å². The van der Waals surface area contributed by atoms with Gasteiger partial charge in [0.05, 0.1) is 18.2 Å². The summed E-state index contributed by atoms with van der Waals surface area (Å²) >= 11 is 0. The average molecular weight is 340 g/mol. The molecule has 25 heavy (non-hydrogen) atoms. The summed E-state index contributed by atoms with van der Waals surface area (Å²) in [6, 6.07) is 11.5. The lowest BCUT2D eigenvalue weighted by Crippen LogP contribution is -2.40. The molecule has 0 bridgehead atoms. The molecule has 132 valence electrons. The Kier molecular flexibility index (Phi) is 6.01. The van der Waals surface area contributed by atoms with E-state index >= 15 is 0 Å². The number of carbonyl (C=O) groups is 1. The van der Waals surface area contributed by atoms with Crippen molar-refractivity contribution in [3.8, 4) is 5.75 Å². The number of hydrogen-bond acceptors (Lipinski definition) is 4. The number of benzene rings is 1. The second-order valence-electron chi connectivity index (χ2n) is 6.30. The predicted molar refractivity (Wildman–Crippen MR) is 95.8 cm³/mol. The molecule has 1 amide bonds. The SMILES string of the molecule is Cc1cncc(C(=O)N(CCOc2ccccc2)CC2CCCO2)c1. The Bertz CT molecular complexity index is 684. The van der Waals surface area contributed by atoms with Gasteiger partial charge < -0.3 is 14.4 Å². The highest BCUT2D eigenvalue weighted by molar-refractivity contribution is 5.94. The fraction of sp³-hybridized carbons (Fsp3) is 0.400. The molecule has 0 N–H and O–H groups in total. The number of hydrogen-bond donors (Lipinski definition) is 0. The van der Waals surface area contributed by atoms with E-state index in [0.717, 1.165) is 30.8 Å². The van der Waals surface area contributed by atoms with Crippen LogP contribution < -0.4 is 4.74 Å². The summed E-state index contributed by atoms with van der Waals surface area (Å²) in [7, 11) is 0. The van der Waals surface area contributed by atoms with Crippen LogP contribution in [0, 0.1) is 6.92 Å². The molecule has 1 atom stereocenters. The number of carbonyl (C=O) groups excluding carboxylic acids is 1. The lowest BCUT2D eigenvalue weighted by Gasteiger charge is -2.25. The first kappa shape index (κ1) is 17.4. The van der Waals surface area contributed by atoms with Crippen LogP contribution in [0.2, 0.25) is 0 Å². The summed E-state index contributed by atoms with van der Waals surface area (Å²) in [4.78, 5) is 18.9. The van der Waals surface area contributed by atoms with Gasteiger partial charge in [-0.15, -0.1) is 0 Å². The Morgan fingerprint density at radius 2 is 2.16 bits per heavy atom. The maximum absolute atomic E-state index is 12.9. The average Bonchev–Trinajstić information content (AvgIpc) is 3.14. The number of aryl methyl sites for hydroxylation is 1. The third-order valence-corrected chi connectivity index (χ3v) is 4.23. The maximum atomic E-state index is 12.9. The van der Waals surface area contributed by atoms with Gasteiger partial charge >= 0.3 is 0 Å². The number of amides is 1. The van der Waals surface area contributed by atoms with Gasteiger partial charge in [-0.1, -0.05) is 18.2 Å². The summed E-state index contributed by atoms with van der Waals surface area (Å²) in [5.41, 5.74) is 1.58. The highest BCUT2D eigenvalue weighted by Crippen LogP contribution is 2.16. The molecule has 5 nitrogen and oxygen atoms in total. The molecule has 1 unspecified atom stereocenters. The van der Waals surface area contributed by atoms with Gasteiger partial charge in [-0.05, 0) is 43.5 Å². The van der Waals surface area contributed by atoms with E-state index in [4.69, 9.17) is 9.47 Å². The highest BCUT2D eigenvalue weighted by Gasteiger charge is 2.23. The minimum absolute atomic E-state index is 0.0247. The first-order valence-electron chi connectivity index (χ1n) is 8.73. The van der Waals surface area contributed by atoms with Crippen molar-refractivity contribution in [3.63, 3.8) is 0 Å². The molecule has 1 fully saturated rings.